The average molecular weight is 268 g/mol. The van der Waals surface area contributed by atoms with Crippen LogP contribution in [0.5, 0.6) is 0 Å². The van der Waals surface area contributed by atoms with Crippen LogP contribution in [0.2, 0.25) is 0 Å². The molecule has 4 nitrogen and oxygen atoms in total. The van der Waals surface area contributed by atoms with Crippen LogP contribution in [-0.2, 0) is 4.74 Å². The van der Waals surface area contributed by atoms with E-state index in [-0.39, 0.29) is 12.1 Å². The SMILES string of the molecule is C=CC[C@H](C)N[C@@H]1CCC[C@@H]1NC(=O)OC(C)(C)C. The van der Waals surface area contributed by atoms with Crippen LogP contribution in [0.3, 0.4) is 0 Å². The molecule has 0 aromatic rings. The van der Waals surface area contributed by atoms with E-state index in [2.05, 4.69) is 24.1 Å². The lowest BCUT2D eigenvalue weighted by atomic mass is 10.1. The molecule has 110 valence electrons. The molecular weight excluding hydrogens is 240 g/mol. The third kappa shape index (κ3) is 6.10. The first kappa shape index (κ1) is 16.0. The molecule has 0 spiro atoms. The second-order valence-electron chi connectivity index (χ2n) is 6.38. The number of hydrogen-bond acceptors (Lipinski definition) is 3. The van der Waals surface area contributed by atoms with E-state index in [0.717, 1.165) is 25.7 Å². The zero-order valence-electron chi connectivity index (χ0n) is 12.7. The van der Waals surface area contributed by atoms with Gasteiger partial charge >= 0.3 is 6.09 Å². The van der Waals surface area contributed by atoms with Gasteiger partial charge in [-0.25, -0.2) is 4.79 Å². The number of nitrogens with one attached hydrogen (secondary N) is 2. The van der Waals surface area contributed by atoms with E-state index in [9.17, 15) is 4.79 Å². The van der Waals surface area contributed by atoms with E-state index >= 15 is 0 Å². The highest BCUT2D eigenvalue weighted by atomic mass is 16.6. The molecule has 0 unspecified atom stereocenters. The Morgan fingerprint density at radius 3 is 2.63 bits per heavy atom. The highest BCUT2D eigenvalue weighted by Gasteiger charge is 2.30. The maximum Gasteiger partial charge on any atom is 0.407 e. The molecule has 3 atom stereocenters. The molecule has 1 saturated carbocycles. The van der Waals surface area contributed by atoms with Crippen molar-refractivity contribution < 1.29 is 9.53 Å². The zero-order chi connectivity index (χ0) is 14.5. The van der Waals surface area contributed by atoms with Gasteiger partial charge in [-0.2, -0.15) is 0 Å². The Bertz CT molecular complexity index is 310. The van der Waals surface area contributed by atoms with E-state index in [1.54, 1.807) is 0 Å². The molecule has 0 bridgehead atoms. The van der Waals surface area contributed by atoms with Crippen molar-refractivity contribution in [2.45, 2.75) is 77.1 Å². The fraction of sp³-hybridized carbons (Fsp3) is 0.800. The first-order chi connectivity index (χ1) is 8.81. The lowest BCUT2D eigenvalue weighted by molar-refractivity contribution is 0.0497. The van der Waals surface area contributed by atoms with Gasteiger partial charge in [-0.15, -0.1) is 6.58 Å². The Balaban J connectivity index is 2.43. The summed E-state index contributed by atoms with van der Waals surface area (Å²) in [6.07, 6.45) is 5.79. The molecule has 4 heteroatoms. The topological polar surface area (TPSA) is 50.4 Å². The number of hydrogen-bond donors (Lipinski definition) is 2. The molecule has 1 amide bonds. The molecule has 1 fully saturated rings. The maximum atomic E-state index is 11.8. The second-order valence-corrected chi connectivity index (χ2v) is 6.38. The largest absolute Gasteiger partial charge is 0.444 e. The van der Waals surface area contributed by atoms with E-state index in [0.29, 0.717) is 12.1 Å². The fourth-order valence-corrected chi connectivity index (χ4v) is 2.47. The Morgan fingerprint density at radius 2 is 2.05 bits per heavy atom. The summed E-state index contributed by atoms with van der Waals surface area (Å²) in [6.45, 7) is 11.5. The molecule has 1 aliphatic carbocycles. The van der Waals surface area contributed by atoms with Gasteiger partial charge in [0.25, 0.3) is 0 Å². The predicted octanol–water partition coefficient (Wildman–Crippen LogP) is 2.99. The summed E-state index contributed by atoms with van der Waals surface area (Å²) < 4.78 is 5.31. The van der Waals surface area contributed by atoms with Gasteiger partial charge in [0.1, 0.15) is 5.60 Å². The van der Waals surface area contributed by atoms with E-state index in [4.69, 9.17) is 4.74 Å². The lowest BCUT2D eigenvalue weighted by Gasteiger charge is -2.27. The standard InChI is InChI=1S/C15H28N2O2/c1-6-8-11(2)16-12-9-7-10-13(12)17-14(18)19-15(3,4)5/h6,11-13,16H,1,7-10H2,2-5H3,(H,17,18)/t11-,12+,13-/m0/s1. The van der Waals surface area contributed by atoms with Gasteiger partial charge in [0, 0.05) is 18.1 Å². The first-order valence-electron chi connectivity index (χ1n) is 7.18. The number of ether oxygens (including phenoxy) is 1. The molecule has 0 saturated heterocycles. The number of carbonyl (C=O) groups excluding carboxylic acids is 1. The monoisotopic (exact) mass is 268 g/mol. The number of carbonyl (C=O) groups is 1. The number of alkyl carbamates (subject to hydrolysis) is 1. The Hall–Kier alpha value is -1.03. The number of amides is 1. The molecule has 0 aliphatic heterocycles. The fourth-order valence-electron chi connectivity index (χ4n) is 2.47. The Kier molecular flexibility index (Phi) is 5.85. The van der Waals surface area contributed by atoms with Gasteiger partial charge in [-0.3, -0.25) is 0 Å². The summed E-state index contributed by atoms with van der Waals surface area (Å²) in [5.41, 5.74) is -0.443. The highest BCUT2D eigenvalue weighted by Crippen LogP contribution is 2.20. The van der Waals surface area contributed by atoms with Crippen LogP contribution in [0.15, 0.2) is 12.7 Å². The zero-order valence-corrected chi connectivity index (χ0v) is 12.7. The average Bonchev–Trinajstić information content (AvgIpc) is 2.62. The van der Waals surface area contributed by atoms with E-state index in [1.165, 1.54) is 0 Å². The molecule has 1 aliphatic rings. The summed E-state index contributed by atoms with van der Waals surface area (Å²) >= 11 is 0. The summed E-state index contributed by atoms with van der Waals surface area (Å²) in [6, 6.07) is 0.896. The normalized spacial score (nSPS) is 24.8. The van der Waals surface area contributed by atoms with Crippen LogP contribution < -0.4 is 10.6 Å². The molecule has 0 radical (unpaired) electrons. The highest BCUT2D eigenvalue weighted by molar-refractivity contribution is 5.68. The van der Waals surface area contributed by atoms with Crippen molar-refractivity contribution in [3.63, 3.8) is 0 Å². The smallest absolute Gasteiger partial charge is 0.407 e. The van der Waals surface area contributed by atoms with E-state index < -0.39 is 5.60 Å². The molecule has 0 aromatic carbocycles. The van der Waals surface area contributed by atoms with Crippen LogP contribution in [0.25, 0.3) is 0 Å². The minimum absolute atomic E-state index is 0.169. The third-order valence-corrected chi connectivity index (χ3v) is 3.24. The molecular formula is C15H28N2O2. The minimum atomic E-state index is -0.443. The molecule has 2 N–H and O–H groups in total. The lowest BCUT2D eigenvalue weighted by Crippen LogP contribution is -2.50. The quantitative estimate of drug-likeness (QED) is 0.754. The van der Waals surface area contributed by atoms with Crippen molar-refractivity contribution in [2.75, 3.05) is 0 Å². The van der Waals surface area contributed by atoms with Crippen molar-refractivity contribution in [3.05, 3.63) is 12.7 Å². The van der Waals surface area contributed by atoms with Crippen molar-refractivity contribution in [2.24, 2.45) is 0 Å². The van der Waals surface area contributed by atoms with Crippen LogP contribution >= 0.6 is 0 Å². The van der Waals surface area contributed by atoms with Crippen molar-refractivity contribution in [1.29, 1.82) is 0 Å². The molecule has 1 rings (SSSR count). The minimum Gasteiger partial charge on any atom is -0.444 e. The molecule has 0 heterocycles. The second kappa shape index (κ2) is 6.94. The summed E-state index contributed by atoms with van der Waals surface area (Å²) in [5, 5.41) is 6.54. The van der Waals surface area contributed by atoms with Crippen LogP contribution in [-0.4, -0.2) is 29.8 Å². The summed E-state index contributed by atoms with van der Waals surface area (Å²) in [7, 11) is 0. The van der Waals surface area contributed by atoms with Gasteiger partial charge in [0.15, 0.2) is 0 Å². The van der Waals surface area contributed by atoms with E-state index in [1.807, 2.05) is 26.8 Å². The van der Waals surface area contributed by atoms with Crippen molar-refractivity contribution in [1.82, 2.24) is 10.6 Å². The molecule has 19 heavy (non-hydrogen) atoms. The van der Waals surface area contributed by atoms with Crippen molar-refractivity contribution >= 4 is 6.09 Å². The maximum absolute atomic E-state index is 11.8. The van der Waals surface area contributed by atoms with Gasteiger partial charge < -0.3 is 15.4 Å². The number of rotatable bonds is 5. The molecule has 0 aromatic heterocycles. The predicted molar refractivity (Wildman–Crippen MR) is 78.2 cm³/mol. The van der Waals surface area contributed by atoms with Gasteiger partial charge in [0.05, 0.1) is 0 Å². The van der Waals surface area contributed by atoms with Crippen molar-refractivity contribution in [3.8, 4) is 0 Å². The van der Waals surface area contributed by atoms with Crippen LogP contribution in [0, 0.1) is 0 Å². The summed E-state index contributed by atoms with van der Waals surface area (Å²) in [5.74, 6) is 0. The Labute approximate surface area is 117 Å². The first-order valence-corrected chi connectivity index (χ1v) is 7.18. The van der Waals surface area contributed by atoms with Gasteiger partial charge in [0.2, 0.25) is 0 Å². The van der Waals surface area contributed by atoms with Gasteiger partial charge in [-0.05, 0) is 53.4 Å². The summed E-state index contributed by atoms with van der Waals surface area (Å²) in [4.78, 5) is 11.8. The third-order valence-electron chi connectivity index (χ3n) is 3.24. The Morgan fingerprint density at radius 1 is 1.42 bits per heavy atom. The van der Waals surface area contributed by atoms with Crippen LogP contribution in [0.4, 0.5) is 4.79 Å². The van der Waals surface area contributed by atoms with Crippen LogP contribution in [0.1, 0.15) is 53.4 Å². The van der Waals surface area contributed by atoms with Gasteiger partial charge in [-0.1, -0.05) is 6.08 Å².